The summed E-state index contributed by atoms with van der Waals surface area (Å²) in [7, 11) is 0. The Bertz CT molecular complexity index is 1260. The van der Waals surface area contributed by atoms with Crippen LogP contribution in [0.5, 0.6) is 0 Å². The molecule has 0 spiro atoms. The SMILES string of the molecule is Cc1c(N)cc(N2CCN(C(=O)OCC3c4ccccc4-c4ccccc43)CC2)cc1CN=[N+]=[N-]. The molecule has 1 amide bonds. The maximum atomic E-state index is 12.9. The molecular formula is C27H28N6O2. The average Bonchev–Trinajstić information content (AvgIpc) is 3.22. The molecule has 1 aliphatic carbocycles. The van der Waals surface area contributed by atoms with Crippen molar-refractivity contribution in [1.82, 2.24) is 4.90 Å². The van der Waals surface area contributed by atoms with Crippen LogP contribution in [0.25, 0.3) is 21.6 Å². The number of benzene rings is 3. The van der Waals surface area contributed by atoms with Gasteiger partial charge in [-0.05, 0) is 58.0 Å². The molecule has 1 aliphatic heterocycles. The minimum atomic E-state index is -0.279. The molecule has 35 heavy (non-hydrogen) atoms. The predicted molar refractivity (Wildman–Crippen MR) is 137 cm³/mol. The maximum absolute atomic E-state index is 12.9. The summed E-state index contributed by atoms with van der Waals surface area (Å²) in [6, 6.07) is 20.6. The molecule has 0 bridgehead atoms. The molecule has 0 unspecified atom stereocenters. The fourth-order valence-electron chi connectivity index (χ4n) is 5.07. The molecule has 1 saturated heterocycles. The Morgan fingerprint density at radius 3 is 2.31 bits per heavy atom. The molecule has 5 rings (SSSR count). The Balaban J connectivity index is 1.22. The molecule has 2 aliphatic rings. The van der Waals surface area contributed by atoms with Gasteiger partial charge in [-0.1, -0.05) is 53.6 Å². The van der Waals surface area contributed by atoms with Crippen molar-refractivity contribution in [3.05, 3.63) is 93.4 Å². The van der Waals surface area contributed by atoms with Gasteiger partial charge in [0.1, 0.15) is 6.61 Å². The number of carbonyl (C=O) groups excluding carboxylic acids is 1. The fraction of sp³-hybridized carbons (Fsp3) is 0.296. The Hall–Kier alpha value is -4.16. The van der Waals surface area contributed by atoms with Crippen molar-refractivity contribution in [2.24, 2.45) is 5.11 Å². The van der Waals surface area contributed by atoms with Crippen LogP contribution in [-0.4, -0.2) is 43.8 Å². The molecule has 3 aromatic rings. The molecule has 0 radical (unpaired) electrons. The van der Waals surface area contributed by atoms with Gasteiger partial charge in [0.15, 0.2) is 0 Å². The van der Waals surface area contributed by atoms with Gasteiger partial charge in [-0.25, -0.2) is 4.79 Å². The highest BCUT2D eigenvalue weighted by Crippen LogP contribution is 2.44. The van der Waals surface area contributed by atoms with Gasteiger partial charge in [-0.15, -0.1) is 0 Å². The Morgan fingerprint density at radius 2 is 1.69 bits per heavy atom. The van der Waals surface area contributed by atoms with Crippen molar-refractivity contribution in [2.75, 3.05) is 43.4 Å². The zero-order valence-electron chi connectivity index (χ0n) is 19.7. The molecular weight excluding hydrogens is 440 g/mol. The summed E-state index contributed by atoms with van der Waals surface area (Å²) >= 11 is 0. The van der Waals surface area contributed by atoms with Crippen LogP contribution >= 0.6 is 0 Å². The number of hydrogen-bond acceptors (Lipinski definition) is 5. The second-order valence-corrected chi connectivity index (χ2v) is 8.99. The number of nitrogen functional groups attached to an aromatic ring is 1. The summed E-state index contributed by atoms with van der Waals surface area (Å²) < 4.78 is 5.82. The number of anilines is 2. The third-order valence-electron chi connectivity index (χ3n) is 7.08. The second-order valence-electron chi connectivity index (χ2n) is 8.99. The smallest absolute Gasteiger partial charge is 0.409 e. The van der Waals surface area contributed by atoms with E-state index >= 15 is 0 Å². The van der Waals surface area contributed by atoms with E-state index in [1.807, 2.05) is 43.3 Å². The number of fused-ring (bicyclic) bond motifs is 3. The molecule has 3 aromatic carbocycles. The number of nitrogens with two attached hydrogens (primary N) is 1. The van der Waals surface area contributed by atoms with E-state index in [9.17, 15) is 4.79 Å². The van der Waals surface area contributed by atoms with Crippen LogP contribution in [-0.2, 0) is 11.3 Å². The number of ether oxygens (including phenoxy) is 1. The molecule has 0 saturated carbocycles. The number of carbonyl (C=O) groups is 1. The van der Waals surface area contributed by atoms with E-state index in [1.165, 1.54) is 22.3 Å². The van der Waals surface area contributed by atoms with Crippen molar-refractivity contribution in [3.63, 3.8) is 0 Å². The number of piperazine rings is 1. The molecule has 0 aromatic heterocycles. The summed E-state index contributed by atoms with van der Waals surface area (Å²) in [6.45, 7) is 4.99. The third kappa shape index (κ3) is 4.36. The summed E-state index contributed by atoms with van der Waals surface area (Å²) in [5.74, 6) is 0.0534. The Kier molecular flexibility index (Phi) is 6.21. The minimum absolute atomic E-state index is 0.0534. The Labute approximate surface area is 204 Å². The fourth-order valence-corrected chi connectivity index (χ4v) is 5.07. The molecule has 0 atom stereocenters. The van der Waals surface area contributed by atoms with Crippen LogP contribution in [0.1, 0.15) is 28.2 Å². The largest absolute Gasteiger partial charge is 0.448 e. The number of hydrogen-bond donors (Lipinski definition) is 1. The van der Waals surface area contributed by atoms with E-state index in [-0.39, 0.29) is 18.6 Å². The summed E-state index contributed by atoms with van der Waals surface area (Å²) in [4.78, 5) is 19.7. The highest BCUT2D eigenvalue weighted by molar-refractivity contribution is 5.79. The van der Waals surface area contributed by atoms with Gasteiger partial charge in [0, 0.05) is 48.4 Å². The number of nitrogens with zero attached hydrogens (tertiary/aromatic N) is 5. The van der Waals surface area contributed by atoms with E-state index in [2.05, 4.69) is 39.2 Å². The third-order valence-corrected chi connectivity index (χ3v) is 7.08. The van der Waals surface area contributed by atoms with Crippen LogP contribution in [0.15, 0.2) is 65.8 Å². The Morgan fingerprint density at radius 1 is 1.06 bits per heavy atom. The summed E-state index contributed by atoms with van der Waals surface area (Å²) in [5, 5.41) is 3.68. The van der Waals surface area contributed by atoms with Crippen molar-refractivity contribution >= 4 is 17.5 Å². The normalized spacial score (nSPS) is 14.8. The molecule has 8 nitrogen and oxygen atoms in total. The standard InChI is InChI=1S/C27H28N6O2/c1-18-19(16-30-31-29)14-20(15-26(18)28)32-10-12-33(13-11-32)27(34)35-17-25-23-8-4-2-6-21(23)22-7-3-5-9-24(22)25/h2-9,14-15,25H,10-13,16-17,28H2,1H3. The first kappa shape index (κ1) is 22.6. The van der Waals surface area contributed by atoms with E-state index in [0.29, 0.717) is 38.5 Å². The molecule has 2 N–H and O–H groups in total. The lowest BCUT2D eigenvalue weighted by Crippen LogP contribution is -2.49. The predicted octanol–water partition coefficient (Wildman–Crippen LogP) is 5.46. The van der Waals surface area contributed by atoms with Gasteiger partial charge < -0.3 is 20.3 Å². The van der Waals surface area contributed by atoms with Gasteiger partial charge >= 0.3 is 6.09 Å². The number of amides is 1. The van der Waals surface area contributed by atoms with E-state index in [0.717, 1.165) is 16.8 Å². The molecule has 8 heteroatoms. The number of rotatable bonds is 5. The summed E-state index contributed by atoms with van der Waals surface area (Å²) in [5.41, 5.74) is 23.2. The maximum Gasteiger partial charge on any atom is 0.409 e. The first-order chi connectivity index (χ1) is 17.1. The highest BCUT2D eigenvalue weighted by Gasteiger charge is 2.30. The van der Waals surface area contributed by atoms with Crippen LogP contribution in [0.2, 0.25) is 0 Å². The monoisotopic (exact) mass is 468 g/mol. The summed E-state index contributed by atoms with van der Waals surface area (Å²) in [6.07, 6.45) is -0.279. The van der Waals surface area contributed by atoms with Gasteiger partial charge in [0.2, 0.25) is 0 Å². The lowest BCUT2D eigenvalue weighted by atomic mass is 9.98. The topological polar surface area (TPSA) is 108 Å². The highest BCUT2D eigenvalue weighted by atomic mass is 16.6. The van der Waals surface area contributed by atoms with E-state index in [4.69, 9.17) is 16.0 Å². The van der Waals surface area contributed by atoms with Crippen LogP contribution < -0.4 is 10.6 Å². The zero-order chi connectivity index (χ0) is 24.4. The van der Waals surface area contributed by atoms with Gasteiger partial charge in [0.25, 0.3) is 0 Å². The first-order valence-electron chi connectivity index (χ1n) is 11.8. The lowest BCUT2D eigenvalue weighted by Gasteiger charge is -2.36. The zero-order valence-corrected chi connectivity index (χ0v) is 19.7. The van der Waals surface area contributed by atoms with Crippen molar-refractivity contribution in [1.29, 1.82) is 0 Å². The molecule has 178 valence electrons. The van der Waals surface area contributed by atoms with Crippen LogP contribution in [0, 0.1) is 6.92 Å². The van der Waals surface area contributed by atoms with Crippen molar-refractivity contribution < 1.29 is 9.53 Å². The average molecular weight is 469 g/mol. The quantitative estimate of drug-likeness (QED) is 0.232. The van der Waals surface area contributed by atoms with Crippen molar-refractivity contribution in [3.8, 4) is 11.1 Å². The molecule has 1 fully saturated rings. The second kappa shape index (κ2) is 9.60. The number of azide groups is 1. The molecule has 1 heterocycles. The first-order valence-corrected chi connectivity index (χ1v) is 11.8. The van der Waals surface area contributed by atoms with Crippen LogP contribution in [0.3, 0.4) is 0 Å². The van der Waals surface area contributed by atoms with E-state index < -0.39 is 0 Å². The van der Waals surface area contributed by atoms with Gasteiger partial charge in [-0.3, -0.25) is 0 Å². The minimum Gasteiger partial charge on any atom is -0.448 e. The van der Waals surface area contributed by atoms with Crippen LogP contribution in [0.4, 0.5) is 16.2 Å². The van der Waals surface area contributed by atoms with Gasteiger partial charge in [0.05, 0.1) is 6.54 Å². The van der Waals surface area contributed by atoms with Gasteiger partial charge in [-0.2, -0.15) is 0 Å². The lowest BCUT2D eigenvalue weighted by molar-refractivity contribution is 0.0977. The van der Waals surface area contributed by atoms with Crippen molar-refractivity contribution in [2.45, 2.75) is 19.4 Å². The van der Waals surface area contributed by atoms with E-state index in [1.54, 1.807) is 4.90 Å².